The Hall–Kier alpha value is -2.68. The number of carboxylic acid groups (broad SMARTS) is 1. The van der Waals surface area contributed by atoms with Crippen molar-refractivity contribution in [1.29, 1.82) is 0 Å². The van der Waals surface area contributed by atoms with Gasteiger partial charge in [0.25, 0.3) is 5.56 Å². The van der Waals surface area contributed by atoms with Gasteiger partial charge in [-0.2, -0.15) is 0 Å². The van der Waals surface area contributed by atoms with Crippen molar-refractivity contribution in [3.8, 4) is 10.8 Å². The minimum absolute atomic E-state index is 0.296. The first-order valence-corrected chi connectivity index (χ1v) is 7.88. The van der Waals surface area contributed by atoms with Crippen LogP contribution in [0, 0.1) is 6.92 Å². The van der Waals surface area contributed by atoms with Crippen molar-refractivity contribution in [3.05, 3.63) is 38.9 Å². The molecule has 9 heteroatoms. The Morgan fingerprint density at radius 2 is 2.04 bits per heavy atom. The van der Waals surface area contributed by atoms with Crippen LogP contribution in [0.1, 0.15) is 19.4 Å². The molecule has 0 aliphatic heterocycles. The van der Waals surface area contributed by atoms with Crippen LogP contribution in [0.5, 0.6) is 0 Å². The van der Waals surface area contributed by atoms with Gasteiger partial charge in [0.1, 0.15) is 16.6 Å². The van der Waals surface area contributed by atoms with Gasteiger partial charge in [0.2, 0.25) is 5.89 Å². The van der Waals surface area contributed by atoms with Gasteiger partial charge < -0.3 is 9.52 Å². The molecule has 3 rings (SSSR count). The molecule has 0 aliphatic rings. The third kappa shape index (κ3) is 2.04. The zero-order valence-electron chi connectivity index (χ0n) is 13.5. The van der Waals surface area contributed by atoms with Gasteiger partial charge in [-0.1, -0.05) is 0 Å². The highest BCUT2D eigenvalue weighted by atomic mass is 32.1. The van der Waals surface area contributed by atoms with Gasteiger partial charge >= 0.3 is 11.7 Å². The molecule has 0 radical (unpaired) electrons. The van der Waals surface area contributed by atoms with E-state index < -0.39 is 22.8 Å². The number of fused-ring (bicyclic) bond motifs is 1. The summed E-state index contributed by atoms with van der Waals surface area (Å²) in [5, 5.41) is 9.70. The lowest BCUT2D eigenvalue weighted by Gasteiger charge is -2.22. The van der Waals surface area contributed by atoms with Crippen molar-refractivity contribution in [2.75, 3.05) is 0 Å². The molecule has 0 fully saturated rings. The van der Waals surface area contributed by atoms with E-state index in [4.69, 9.17) is 4.42 Å². The second kappa shape index (κ2) is 5.17. The number of aryl methyl sites for hydroxylation is 2. The molecule has 0 saturated carbocycles. The first kappa shape index (κ1) is 16.2. The molecule has 0 unspecified atom stereocenters. The molecule has 8 nitrogen and oxygen atoms in total. The van der Waals surface area contributed by atoms with Crippen molar-refractivity contribution in [2.24, 2.45) is 7.05 Å². The Morgan fingerprint density at radius 3 is 2.58 bits per heavy atom. The average Bonchev–Trinajstić information content (AvgIpc) is 3.12. The first-order valence-electron chi connectivity index (χ1n) is 7.06. The van der Waals surface area contributed by atoms with E-state index in [0.717, 1.165) is 4.57 Å². The minimum Gasteiger partial charge on any atom is -0.480 e. The summed E-state index contributed by atoms with van der Waals surface area (Å²) < 4.78 is 7.34. The topological polar surface area (TPSA) is 107 Å². The number of aliphatic carboxylic acids is 1. The van der Waals surface area contributed by atoms with E-state index in [9.17, 15) is 19.5 Å². The molecule has 126 valence electrons. The molecule has 3 aromatic rings. The highest BCUT2D eigenvalue weighted by molar-refractivity contribution is 7.22. The van der Waals surface area contributed by atoms with Gasteiger partial charge in [-0.15, -0.1) is 11.3 Å². The van der Waals surface area contributed by atoms with Crippen LogP contribution in [0.3, 0.4) is 0 Å². The molecule has 0 saturated heterocycles. The van der Waals surface area contributed by atoms with E-state index in [1.165, 1.54) is 49.3 Å². The second-order valence-electron chi connectivity index (χ2n) is 5.92. The van der Waals surface area contributed by atoms with Crippen LogP contribution in [0.25, 0.3) is 21.0 Å². The summed E-state index contributed by atoms with van der Waals surface area (Å²) >= 11 is 1.21. The number of rotatable bonds is 3. The molecule has 1 N–H and O–H groups in total. The second-order valence-corrected chi connectivity index (χ2v) is 6.92. The molecule has 0 amide bonds. The molecule has 3 heterocycles. The summed E-state index contributed by atoms with van der Waals surface area (Å²) in [4.78, 5) is 42.2. The van der Waals surface area contributed by atoms with Crippen LogP contribution in [-0.2, 0) is 17.4 Å². The third-order valence-electron chi connectivity index (χ3n) is 4.04. The molecule has 0 bridgehead atoms. The van der Waals surface area contributed by atoms with Crippen LogP contribution >= 0.6 is 11.3 Å². The van der Waals surface area contributed by atoms with Crippen molar-refractivity contribution in [3.63, 3.8) is 0 Å². The number of aromatic nitrogens is 3. The fourth-order valence-corrected chi connectivity index (χ4v) is 3.74. The predicted molar refractivity (Wildman–Crippen MR) is 88.5 cm³/mol. The molecular weight excluding hydrogens is 334 g/mol. The zero-order chi connectivity index (χ0) is 17.8. The number of carboxylic acids is 1. The van der Waals surface area contributed by atoms with Crippen molar-refractivity contribution >= 4 is 27.5 Å². The highest BCUT2D eigenvalue weighted by Gasteiger charge is 2.35. The van der Waals surface area contributed by atoms with Gasteiger partial charge in [-0.25, -0.2) is 19.1 Å². The fourth-order valence-electron chi connectivity index (χ4n) is 2.55. The predicted octanol–water partition coefficient (Wildman–Crippen LogP) is 1.54. The van der Waals surface area contributed by atoms with Gasteiger partial charge in [-0.3, -0.25) is 9.36 Å². The quantitative estimate of drug-likeness (QED) is 0.768. The summed E-state index contributed by atoms with van der Waals surface area (Å²) in [5.41, 5.74) is -2.38. The Labute approximate surface area is 139 Å². The van der Waals surface area contributed by atoms with Gasteiger partial charge in [0.15, 0.2) is 0 Å². The Bertz CT molecular complexity index is 1070. The highest BCUT2D eigenvalue weighted by Crippen LogP contribution is 2.35. The summed E-state index contributed by atoms with van der Waals surface area (Å²) in [6, 6.07) is 0. The summed E-state index contributed by atoms with van der Waals surface area (Å²) in [6.07, 6.45) is 2.91. The summed E-state index contributed by atoms with van der Waals surface area (Å²) in [6.45, 7) is 4.36. The van der Waals surface area contributed by atoms with Crippen LogP contribution in [0.4, 0.5) is 0 Å². The summed E-state index contributed by atoms with van der Waals surface area (Å²) in [5.74, 6) is -0.911. The van der Waals surface area contributed by atoms with Gasteiger partial charge in [-0.05, 0) is 26.3 Å². The standard InChI is InChI=1S/C15H15N3O5S/c1-7-8-11(19)18(15(2,3)13(20)21)14(22)17(4)12(8)24-9(7)10-16-5-6-23-10/h5-6H,1-4H3,(H,20,21). The maximum Gasteiger partial charge on any atom is 0.332 e. The van der Waals surface area contributed by atoms with Crippen molar-refractivity contribution in [1.82, 2.24) is 14.1 Å². The van der Waals surface area contributed by atoms with Crippen molar-refractivity contribution < 1.29 is 14.3 Å². The van der Waals surface area contributed by atoms with Crippen LogP contribution < -0.4 is 11.2 Å². The SMILES string of the molecule is Cc1c(-c2ncco2)sc2c1c(=O)n(C(C)(C)C(=O)O)c(=O)n2C. The normalized spacial score (nSPS) is 12.0. The molecular formula is C15H15N3O5S. The Kier molecular flexibility index (Phi) is 3.48. The number of oxazole rings is 1. The van der Waals surface area contributed by atoms with Gasteiger partial charge in [0.05, 0.1) is 16.5 Å². The first-order chi connectivity index (χ1) is 11.2. The zero-order valence-corrected chi connectivity index (χ0v) is 14.3. The summed E-state index contributed by atoms with van der Waals surface area (Å²) in [7, 11) is 1.51. The number of hydrogen-bond acceptors (Lipinski definition) is 6. The molecule has 0 spiro atoms. The number of hydrogen-bond donors (Lipinski definition) is 1. The minimum atomic E-state index is -1.67. The number of thiophene rings is 1. The monoisotopic (exact) mass is 349 g/mol. The Morgan fingerprint density at radius 1 is 1.38 bits per heavy atom. The number of carbonyl (C=O) groups is 1. The lowest BCUT2D eigenvalue weighted by Crippen LogP contribution is -2.52. The third-order valence-corrected chi connectivity index (χ3v) is 5.39. The Balaban J connectivity index is 2.49. The molecule has 24 heavy (non-hydrogen) atoms. The number of nitrogens with zero attached hydrogens (tertiary/aromatic N) is 3. The van der Waals surface area contributed by atoms with Gasteiger partial charge in [0, 0.05) is 7.05 Å². The molecule has 3 aromatic heterocycles. The molecule has 0 aliphatic carbocycles. The van der Waals surface area contributed by atoms with Crippen LogP contribution in [-0.4, -0.2) is 25.2 Å². The lowest BCUT2D eigenvalue weighted by atomic mass is 10.1. The smallest absolute Gasteiger partial charge is 0.332 e. The van der Waals surface area contributed by atoms with Crippen LogP contribution in [0.15, 0.2) is 26.5 Å². The van der Waals surface area contributed by atoms with E-state index in [1.54, 1.807) is 6.92 Å². The maximum atomic E-state index is 12.9. The van der Waals surface area contributed by atoms with E-state index in [2.05, 4.69) is 4.98 Å². The van der Waals surface area contributed by atoms with E-state index >= 15 is 0 Å². The molecule has 0 aromatic carbocycles. The maximum absolute atomic E-state index is 12.9. The van der Waals surface area contributed by atoms with E-state index in [1.807, 2.05) is 0 Å². The average molecular weight is 349 g/mol. The largest absolute Gasteiger partial charge is 0.480 e. The fraction of sp³-hybridized carbons (Fsp3) is 0.333. The molecule has 0 atom stereocenters. The van der Waals surface area contributed by atoms with Crippen LogP contribution in [0.2, 0.25) is 0 Å². The van der Waals surface area contributed by atoms with E-state index in [0.29, 0.717) is 26.5 Å². The van der Waals surface area contributed by atoms with E-state index in [-0.39, 0.29) is 0 Å². The van der Waals surface area contributed by atoms with Crippen molar-refractivity contribution in [2.45, 2.75) is 26.3 Å². The lowest BCUT2D eigenvalue weighted by molar-refractivity contribution is -0.146.